The molecule has 0 aliphatic rings. The van der Waals surface area contributed by atoms with Crippen LogP contribution in [0.25, 0.3) is 22.2 Å². The third-order valence-corrected chi connectivity index (χ3v) is 4.94. The second-order valence-electron chi connectivity index (χ2n) is 7.16. The standard InChI is InChI=1S/C25H23N3O/c1-18-11-12-23-21(15-18)22(16-24(28-23)20-10-6-13-26-17-20)25(29)27-14-5-9-19-7-3-2-4-8-19/h2-4,6-8,10-13,15-17H,5,9,14H2,1H3,(H,27,29). The molecule has 2 aromatic heterocycles. The molecule has 0 unspecified atom stereocenters. The monoisotopic (exact) mass is 381 g/mol. The summed E-state index contributed by atoms with van der Waals surface area (Å²) in [5, 5.41) is 3.95. The van der Waals surface area contributed by atoms with Crippen molar-refractivity contribution in [3.8, 4) is 11.3 Å². The Kier molecular flexibility index (Phi) is 5.61. The summed E-state index contributed by atoms with van der Waals surface area (Å²) >= 11 is 0. The Morgan fingerprint density at radius 3 is 2.66 bits per heavy atom. The van der Waals surface area contributed by atoms with E-state index in [0.29, 0.717) is 12.1 Å². The number of aromatic nitrogens is 2. The third kappa shape index (κ3) is 4.49. The number of fused-ring (bicyclic) bond motifs is 1. The smallest absolute Gasteiger partial charge is 0.252 e. The second kappa shape index (κ2) is 8.65. The van der Waals surface area contributed by atoms with Crippen LogP contribution in [0.3, 0.4) is 0 Å². The molecule has 1 N–H and O–H groups in total. The van der Waals surface area contributed by atoms with Crippen LogP contribution in [0.4, 0.5) is 0 Å². The number of carbonyl (C=O) groups is 1. The second-order valence-corrected chi connectivity index (χ2v) is 7.16. The Morgan fingerprint density at radius 2 is 1.86 bits per heavy atom. The number of pyridine rings is 2. The Balaban J connectivity index is 1.57. The fourth-order valence-corrected chi connectivity index (χ4v) is 3.42. The van der Waals surface area contributed by atoms with Crippen LogP contribution in [0.1, 0.15) is 27.9 Å². The molecule has 2 heterocycles. The number of rotatable bonds is 6. The normalized spacial score (nSPS) is 10.8. The summed E-state index contributed by atoms with van der Waals surface area (Å²) in [6, 6.07) is 22.0. The van der Waals surface area contributed by atoms with Crippen molar-refractivity contribution in [1.82, 2.24) is 15.3 Å². The molecular weight excluding hydrogens is 358 g/mol. The lowest BCUT2D eigenvalue weighted by atomic mass is 10.0. The van der Waals surface area contributed by atoms with Crippen molar-refractivity contribution in [3.05, 3.63) is 95.8 Å². The Bertz CT molecular complexity index is 1120. The number of nitrogens with zero attached hydrogens (tertiary/aromatic N) is 2. The Hall–Kier alpha value is -3.53. The molecule has 4 aromatic rings. The van der Waals surface area contributed by atoms with Gasteiger partial charge in [0.25, 0.3) is 5.91 Å². The van der Waals surface area contributed by atoms with Gasteiger partial charge in [-0.15, -0.1) is 0 Å². The minimum absolute atomic E-state index is 0.0683. The molecule has 2 aromatic carbocycles. The molecule has 0 aliphatic carbocycles. The van der Waals surface area contributed by atoms with Crippen LogP contribution in [-0.2, 0) is 6.42 Å². The van der Waals surface area contributed by atoms with Gasteiger partial charge in [-0.1, -0.05) is 42.0 Å². The van der Waals surface area contributed by atoms with Gasteiger partial charge in [0.2, 0.25) is 0 Å². The van der Waals surface area contributed by atoms with Gasteiger partial charge >= 0.3 is 0 Å². The van der Waals surface area contributed by atoms with E-state index in [4.69, 9.17) is 4.98 Å². The summed E-state index contributed by atoms with van der Waals surface area (Å²) in [7, 11) is 0. The highest BCUT2D eigenvalue weighted by Gasteiger charge is 2.14. The van der Waals surface area contributed by atoms with Crippen molar-refractivity contribution in [3.63, 3.8) is 0 Å². The molecule has 0 aliphatic heterocycles. The summed E-state index contributed by atoms with van der Waals surface area (Å²) in [6.45, 7) is 2.65. The van der Waals surface area contributed by atoms with Gasteiger partial charge in [-0.2, -0.15) is 0 Å². The maximum atomic E-state index is 13.0. The largest absolute Gasteiger partial charge is 0.352 e. The predicted octanol–water partition coefficient (Wildman–Crippen LogP) is 4.97. The van der Waals surface area contributed by atoms with Crippen LogP contribution < -0.4 is 5.32 Å². The Labute approximate surface area is 170 Å². The van der Waals surface area contributed by atoms with Gasteiger partial charge in [0.1, 0.15) is 0 Å². The Morgan fingerprint density at radius 1 is 1.00 bits per heavy atom. The number of hydrogen-bond donors (Lipinski definition) is 1. The van der Waals surface area contributed by atoms with E-state index in [9.17, 15) is 4.79 Å². The van der Waals surface area contributed by atoms with Crippen LogP contribution in [0, 0.1) is 6.92 Å². The molecule has 0 spiro atoms. The average Bonchev–Trinajstić information content (AvgIpc) is 2.77. The zero-order valence-electron chi connectivity index (χ0n) is 16.4. The van der Waals surface area contributed by atoms with E-state index in [0.717, 1.165) is 40.6 Å². The first-order valence-electron chi connectivity index (χ1n) is 9.84. The summed E-state index contributed by atoms with van der Waals surface area (Å²) in [5.74, 6) is -0.0683. The molecule has 0 atom stereocenters. The van der Waals surface area contributed by atoms with E-state index >= 15 is 0 Å². The number of aryl methyl sites for hydroxylation is 2. The minimum Gasteiger partial charge on any atom is -0.352 e. The fourth-order valence-electron chi connectivity index (χ4n) is 3.42. The lowest BCUT2D eigenvalue weighted by molar-refractivity contribution is 0.0955. The predicted molar refractivity (Wildman–Crippen MR) is 117 cm³/mol. The van der Waals surface area contributed by atoms with Crippen molar-refractivity contribution >= 4 is 16.8 Å². The van der Waals surface area contributed by atoms with Gasteiger partial charge in [-0.3, -0.25) is 9.78 Å². The highest BCUT2D eigenvalue weighted by Crippen LogP contribution is 2.25. The minimum atomic E-state index is -0.0683. The maximum Gasteiger partial charge on any atom is 0.252 e. The molecule has 144 valence electrons. The van der Waals surface area contributed by atoms with E-state index in [1.165, 1.54) is 5.56 Å². The molecule has 0 saturated carbocycles. The molecule has 0 saturated heterocycles. The molecule has 1 amide bonds. The molecular formula is C25H23N3O. The van der Waals surface area contributed by atoms with Crippen molar-refractivity contribution in [2.45, 2.75) is 19.8 Å². The van der Waals surface area contributed by atoms with Crippen molar-refractivity contribution in [2.24, 2.45) is 0 Å². The zero-order chi connectivity index (χ0) is 20.1. The van der Waals surface area contributed by atoms with E-state index in [2.05, 4.69) is 22.4 Å². The topological polar surface area (TPSA) is 54.9 Å². The van der Waals surface area contributed by atoms with Gasteiger partial charge in [-0.05, 0) is 55.7 Å². The fraction of sp³-hybridized carbons (Fsp3) is 0.160. The van der Waals surface area contributed by atoms with Crippen LogP contribution in [0.15, 0.2) is 79.1 Å². The van der Waals surface area contributed by atoms with Gasteiger partial charge < -0.3 is 5.32 Å². The molecule has 29 heavy (non-hydrogen) atoms. The third-order valence-electron chi connectivity index (χ3n) is 4.94. The van der Waals surface area contributed by atoms with Gasteiger partial charge in [0.05, 0.1) is 16.8 Å². The highest BCUT2D eigenvalue weighted by molar-refractivity contribution is 6.07. The SMILES string of the molecule is Cc1ccc2nc(-c3cccnc3)cc(C(=O)NCCCc3ccccc3)c2c1. The summed E-state index contributed by atoms with van der Waals surface area (Å²) in [4.78, 5) is 21.9. The summed E-state index contributed by atoms with van der Waals surface area (Å²) < 4.78 is 0. The van der Waals surface area contributed by atoms with E-state index in [-0.39, 0.29) is 5.91 Å². The van der Waals surface area contributed by atoms with Crippen LogP contribution in [0.2, 0.25) is 0 Å². The van der Waals surface area contributed by atoms with Gasteiger partial charge in [-0.25, -0.2) is 4.98 Å². The maximum absolute atomic E-state index is 13.0. The molecule has 0 bridgehead atoms. The quantitative estimate of drug-likeness (QED) is 0.480. The van der Waals surface area contributed by atoms with E-state index in [1.807, 2.05) is 61.5 Å². The van der Waals surface area contributed by atoms with Crippen molar-refractivity contribution in [2.75, 3.05) is 6.54 Å². The van der Waals surface area contributed by atoms with Crippen molar-refractivity contribution in [1.29, 1.82) is 0 Å². The number of benzene rings is 2. The van der Waals surface area contributed by atoms with Crippen molar-refractivity contribution < 1.29 is 4.79 Å². The summed E-state index contributed by atoms with van der Waals surface area (Å²) in [6.07, 6.45) is 5.34. The van der Waals surface area contributed by atoms with E-state index < -0.39 is 0 Å². The molecule has 0 fully saturated rings. The van der Waals surface area contributed by atoms with Crippen LogP contribution in [0.5, 0.6) is 0 Å². The lowest BCUT2D eigenvalue weighted by Crippen LogP contribution is -2.25. The number of hydrogen-bond acceptors (Lipinski definition) is 3. The summed E-state index contributed by atoms with van der Waals surface area (Å²) in [5.41, 5.74) is 5.50. The van der Waals surface area contributed by atoms with Crippen LogP contribution >= 0.6 is 0 Å². The first-order chi connectivity index (χ1) is 14.2. The van der Waals surface area contributed by atoms with Gasteiger partial charge in [0, 0.05) is 29.9 Å². The lowest BCUT2D eigenvalue weighted by Gasteiger charge is -2.11. The van der Waals surface area contributed by atoms with Gasteiger partial charge in [0.15, 0.2) is 0 Å². The number of carbonyl (C=O) groups excluding carboxylic acids is 1. The first-order valence-corrected chi connectivity index (χ1v) is 9.84. The molecule has 4 heteroatoms. The molecule has 4 rings (SSSR count). The van der Waals surface area contributed by atoms with Crippen LogP contribution in [-0.4, -0.2) is 22.4 Å². The average molecular weight is 381 g/mol. The zero-order valence-corrected chi connectivity index (χ0v) is 16.4. The molecule has 0 radical (unpaired) electrons. The first kappa shape index (κ1) is 18.8. The van der Waals surface area contributed by atoms with E-state index in [1.54, 1.807) is 12.4 Å². The number of nitrogens with one attached hydrogen (secondary N) is 1. The molecule has 4 nitrogen and oxygen atoms in total. The number of amides is 1. The highest BCUT2D eigenvalue weighted by atomic mass is 16.1.